The second-order valence-electron chi connectivity index (χ2n) is 10.2. The predicted octanol–water partition coefficient (Wildman–Crippen LogP) is 5.64. The fourth-order valence-corrected chi connectivity index (χ4v) is 4.61. The van der Waals surface area contributed by atoms with E-state index >= 15 is 0 Å². The minimum atomic E-state index is -0.991. The van der Waals surface area contributed by atoms with Gasteiger partial charge < -0.3 is 21.1 Å². The van der Waals surface area contributed by atoms with Crippen LogP contribution < -0.4 is 16.0 Å². The van der Waals surface area contributed by atoms with E-state index in [1.54, 1.807) is 6.07 Å². The van der Waals surface area contributed by atoms with Gasteiger partial charge in [-0.25, -0.2) is 8.78 Å². The lowest BCUT2D eigenvalue weighted by molar-refractivity contribution is 0.0829. The molecule has 3 aromatic carbocycles. The Hall–Kier alpha value is -2.84. The Morgan fingerprint density at radius 3 is 2.27 bits per heavy atom. The van der Waals surface area contributed by atoms with Gasteiger partial charge in [-0.15, -0.1) is 12.4 Å². The zero-order chi connectivity index (χ0) is 28.2. The van der Waals surface area contributed by atoms with Gasteiger partial charge >= 0.3 is 0 Å². The Morgan fingerprint density at radius 2 is 1.57 bits per heavy atom. The van der Waals surface area contributed by atoms with E-state index in [0.29, 0.717) is 24.2 Å². The lowest BCUT2D eigenvalue weighted by Crippen LogP contribution is -2.48. The van der Waals surface area contributed by atoms with Crippen LogP contribution in [-0.2, 0) is 25.9 Å². The van der Waals surface area contributed by atoms with E-state index in [2.05, 4.69) is 41.9 Å². The van der Waals surface area contributed by atoms with Crippen LogP contribution in [0.2, 0.25) is 0 Å². The molecule has 2 atom stereocenters. The molecule has 1 amide bonds. The first-order valence-electron chi connectivity index (χ1n) is 13.8. The van der Waals surface area contributed by atoms with Crippen LogP contribution in [0.1, 0.15) is 64.9 Å². The van der Waals surface area contributed by atoms with Crippen LogP contribution in [0.25, 0.3) is 0 Å². The second-order valence-corrected chi connectivity index (χ2v) is 10.2. The van der Waals surface area contributed by atoms with Crippen molar-refractivity contribution < 1.29 is 18.7 Å². The third-order valence-corrected chi connectivity index (χ3v) is 6.68. The SMILES string of the molecule is CCCCNCc1cc(C)cc(C(=O)N[C@@H](Cc2cc(F)cc(F)c2)[C@H](O)CNCc2cccc(CC)c2)c1.Cl. The summed E-state index contributed by atoms with van der Waals surface area (Å²) in [5.41, 5.74) is 5.11. The van der Waals surface area contributed by atoms with Crippen LogP contribution in [0.15, 0.2) is 60.7 Å². The van der Waals surface area contributed by atoms with E-state index in [-0.39, 0.29) is 31.3 Å². The number of hydrogen-bond donors (Lipinski definition) is 4. The minimum Gasteiger partial charge on any atom is -0.390 e. The number of carbonyl (C=O) groups is 1. The largest absolute Gasteiger partial charge is 0.390 e. The van der Waals surface area contributed by atoms with E-state index in [9.17, 15) is 18.7 Å². The van der Waals surface area contributed by atoms with Gasteiger partial charge in [-0.3, -0.25) is 4.79 Å². The van der Waals surface area contributed by atoms with Crippen molar-refractivity contribution in [2.75, 3.05) is 13.1 Å². The summed E-state index contributed by atoms with van der Waals surface area (Å²) >= 11 is 0. The first kappa shape index (κ1) is 33.4. The molecule has 0 aliphatic rings. The number of carbonyl (C=O) groups excluding carboxylic acids is 1. The summed E-state index contributed by atoms with van der Waals surface area (Å²) in [6.45, 7) is 8.47. The molecule has 0 spiro atoms. The highest BCUT2D eigenvalue weighted by molar-refractivity contribution is 5.94. The van der Waals surface area contributed by atoms with Gasteiger partial charge in [0.05, 0.1) is 12.1 Å². The molecule has 0 aromatic heterocycles. The zero-order valence-corrected chi connectivity index (χ0v) is 24.4. The lowest BCUT2D eigenvalue weighted by atomic mass is 9.99. The maximum atomic E-state index is 13.9. The fraction of sp³-hybridized carbons (Fsp3) is 0.406. The van der Waals surface area contributed by atoms with Gasteiger partial charge in [0, 0.05) is 31.3 Å². The molecule has 218 valence electrons. The van der Waals surface area contributed by atoms with Gasteiger partial charge in [-0.05, 0) is 79.3 Å². The third kappa shape index (κ3) is 11.0. The topological polar surface area (TPSA) is 73.4 Å². The predicted molar refractivity (Wildman–Crippen MR) is 160 cm³/mol. The molecule has 0 radical (unpaired) electrons. The number of amides is 1. The molecule has 5 nitrogen and oxygen atoms in total. The molecule has 0 saturated carbocycles. The Balaban J connectivity index is 0.00000560. The summed E-state index contributed by atoms with van der Waals surface area (Å²) in [5, 5.41) is 20.6. The highest BCUT2D eigenvalue weighted by Crippen LogP contribution is 2.15. The van der Waals surface area contributed by atoms with E-state index in [0.717, 1.165) is 48.6 Å². The molecule has 0 bridgehead atoms. The monoisotopic (exact) mass is 573 g/mol. The van der Waals surface area contributed by atoms with Gasteiger partial charge in [0.2, 0.25) is 0 Å². The molecule has 3 rings (SSSR count). The van der Waals surface area contributed by atoms with Gasteiger partial charge in [-0.2, -0.15) is 0 Å². The molecular weight excluding hydrogens is 532 g/mol. The van der Waals surface area contributed by atoms with E-state index in [1.807, 2.05) is 31.2 Å². The number of unbranched alkanes of at least 4 members (excludes halogenated alkanes) is 1. The molecule has 40 heavy (non-hydrogen) atoms. The number of benzene rings is 3. The average molecular weight is 574 g/mol. The molecule has 4 N–H and O–H groups in total. The number of nitrogens with one attached hydrogen (secondary N) is 3. The lowest BCUT2D eigenvalue weighted by Gasteiger charge is -2.25. The molecule has 3 aromatic rings. The molecule has 0 saturated heterocycles. The van der Waals surface area contributed by atoms with Gasteiger partial charge in [-0.1, -0.05) is 56.2 Å². The van der Waals surface area contributed by atoms with Crippen LogP contribution in [0.3, 0.4) is 0 Å². The van der Waals surface area contributed by atoms with Crippen molar-refractivity contribution in [2.45, 2.75) is 71.7 Å². The smallest absolute Gasteiger partial charge is 0.251 e. The summed E-state index contributed by atoms with van der Waals surface area (Å²) in [6.07, 6.45) is 2.20. The van der Waals surface area contributed by atoms with E-state index < -0.39 is 23.8 Å². The highest BCUT2D eigenvalue weighted by atomic mass is 35.5. The number of aliphatic hydroxyl groups is 1. The van der Waals surface area contributed by atoms with E-state index in [1.165, 1.54) is 17.7 Å². The molecule has 8 heteroatoms. The maximum absolute atomic E-state index is 13.9. The van der Waals surface area contributed by atoms with Crippen molar-refractivity contribution in [1.82, 2.24) is 16.0 Å². The first-order chi connectivity index (χ1) is 18.8. The Kier molecular flexibility index (Phi) is 14.2. The number of hydrogen-bond acceptors (Lipinski definition) is 4. The summed E-state index contributed by atoms with van der Waals surface area (Å²) < 4.78 is 27.8. The van der Waals surface area contributed by atoms with Crippen LogP contribution >= 0.6 is 12.4 Å². The minimum absolute atomic E-state index is 0. The van der Waals surface area contributed by atoms with Crippen molar-refractivity contribution in [3.63, 3.8) is 0 Å². The van der Waals surface area contributed by atoms with Gasteiger partial charge in [0.25, 0.3) is 5.91 Å². The Labute approximate surface area is 243 Å². The Bertz CT molecular complexity index is 1200. The summed E-state index contributed by atoms with van der Waals surface area (Å²) in [4.78, 5) is 13.3. The number of rotatable bonds is 15. The van der Waals surface area contributed by atoms with Crippen molar-refractivity contribution in [3.05, 3.63) is 106 Å². The van der Waals surface area contributed by atoms with Crippen LogP contribution in [0, 0.1) is 18.6 Å². The van der Waals surface area contributed by atoms with Gasteiger partial charge in [0.15, 0.2) is 0 Å². The number of aryl methyl sites for hydroxylation is 2. The molecule has 0 aliphatic heterocycles. The van der Waals surface area contributed by atoms with Crippen LogP contribution in [0.4, 0.5) is 8.78 Å². The van der Waals surface area contributed by atoms with Crippen molar-refractivity contribution in [2.24, 2.45) is 0 Å². The molecule has 0 heterocycles. The van der Waals surface area contributed by atoms with E-state index in [4.69, 9.17) is 0 Å². The summed E-state index contributed by atoms with van der Waals surface area (Å²) in [6, 6.07) is 16.4. The standard InChI is InChI=1S/C32H41F2N3O2.ClH/c1-4-6-10-35-20-26-11-22(3)12-27(14-26)32(39)37-30(17-25-15-28(33)18-29(34)16-25)31(38)21-36-19-24-9-7-8-23(5-2)13-24;/h7-9,11-16,18,30-31,35-36,38H,4-6,10,17,19-21H2,1-3H3,(H,37,39);1H/t30-,31+;/m0./s1. The third-order valence-electron chi connectivity index (χ3n) is 6.68. The molecule has 0 fully saturated rings. The number of aliphatic hydroxyl groups excluding tert-OH is 1. The summed E-state index contributed by atoms with van der Waals surface area (Å²) in [7, 11) is 0. The summed E-state index contributed by atoms with van der Waals surface area (Å²) in [5.74, 6) is -1.74. The average Bonchev–Trinajstić information content (AvgIpc) is 2.90. The zero-order valence-electron chi connectivity index (χ0n) is 23.6. The molecular formula is C32H42ClF2N3O2. The van der Waals surface area contributed by atoms with Gasteiger partial charge in [0.1, 0.15) is 11.6 Å². The molecule has 0 unspecified atom stereocenters. The first-order valence-corrected chi connectivity index (χ1v) is 13.8. The van der Waals surface area contributed by atoms with Crippen molar-refractivity contribution >= 4 is 18.3 Å². The molecule has 0 aliphatic carbocycles. The number of halogens is 3. The van der Waals surface area contributed by atoms with Crippen LogP contribution in [0.5, 0.6) is 0 Å². The van der Waals surface area contributed by atoms with Crippen LogP contribution in [-0.4, -0.2) is 36.2 Å². The maximum Gasteiger partial charge on any atom is 0.251 e. The normalized spacial score (nSPS) is 12.4. The quantitative estimate of drug-likeness (QED) is 0.178. The Morgan fingerprint density at radius 1 is 0.875 bits per heavy atom. The van der Waals surface area contributed by atoms with Crippen molar-refractivity contribution in [1.29, 1.82) is 0 Å². The highest BCUT2D eigenvalue weighted by Gasteiger charge is 2.23. The second kappa shape index (κ2) is 17.1. The van der Waals surface area contributed by atoms with Crippen molar-refractivity contribution in [3.8, 4) is 0 Å². The fourth-order valence-electron chi connectivity index (χ4n) is 4.61.